The van der Waals surface area contributed by atoms with Crippen LogP contribution in [0.15, 0.2) is 12.1 Å². The van der Waals surface area contributed by atoms with E-state index in [9.17, 15) is 15.2 Å². The second kappa shape index (κ2) is 2.66. The number of aryl methyl sites for hydroxylation is 1. The minimum absolute atomic E-state index is 0.180. The number of phenols is 1. The number of nitrogens with zero attached hydrogens (tertiary/aromatic N) is 4. The molecule has 0 fully saturated rings. The van der Waals surface area contributed by atoms with Gasteiger partial charge in [-0.1, -0.05) is 5.21 Å². The first kappa shape index (κ1) is 8.42. The third kappa shape index (κ3) is 1.06. The summed E-state index contributed by atoms with van der Waals surface area (Å²) in [4.78, 5) is 9.90. The standard InChI is InChI=1S/C7H6N4O3/c1-10-5-2-4(11(13)14)3-6(12)7(5)8-9-10/h2-3,12H,1H3. The van der Waals surface area contributed by atoms with Gasteiger partial charge in [-0.25, -0.2) is 4.68 Å². The van der Waals surface area contributed by atoms with Crippen LogP contribution in [-0.4, -0.2) is 25.0 Å². The van der Waals surface area contributed by atoms with E-state index in [1.165, 1.54) is 10.7 Å². The highest BCUT2D eigenvalue weighted by molar-refractivity contribution is 5.83. The number of nitro benzene ring substituents is 1. The average molecular weight is 194 g/mol. The van der Waals surface area contributed by atoms with Crippen molar-refractivity contribution in [1.29, 1.82) is 0 Å². The minimum atomic E-state index is -0.577. The Bertz CT molecular complexity index is 519. The lowest BCUT2D eigenvalue weighted by atomic mass is 10.2. The summed E-state index contributed by atoms with van der Waals surface area (Å²) >= 11 is 0. The first-order chi connectivity index (χ1) is 6.59. The smallest absolute Gasteiger partial charge is 0.275 e. The maximum Gasteiger partial charge on any atom is 0.275 e. The van der Waals surface area contributed by atoms with Crippen LogP contribution in [0.25, 0.3) is 11.0 Å². The number of hydrogen-bond acceptors (Lipinski definition) is 5. The number of hydrogen-bond donors (Lipinski definition) is 1. The molecular weight excluding hydrogens is 188 g/mol. The van der Waals surface area contributed by atoms with Crippen molar-refractivity contribution < 1.29 is 10.0 Å². The second-order valence-corrected chi connectivity index (χ2v) is 2.80. The van der Waals surface area contributed by atoms with Gasteiger partial charge in [0, 0.05) is 13.1 Å². The van der Waals surface area contributed by atoms with Crippen LogP contribution >= 0.6 is 0 Å². The van der Waals surface area contributed by atoms with Gasteiger partial charge < -0.3 is 5.11 Å². The number of rotatable bonds is 1. The molecule has 7 heteroatoms. The predicted molar refractivity (Wildman–Crippen MR) is 46.8 cm³/mol. The van der Waals surface area contributed by atoms with Crippen molar-refractivity contribution in [2.75, 3.05) is 0 Å². The molecule has 72 valence electrons. The van der Waals surface area contributed by atoms with Crippen LogP contribution in [0.2, 0.25) is 0 Å². The zero-order valence-corrected chi connectivity index (χ0v) is 7.21. The van der Waals surface area contributed by atoms with Crippen molar-refractivity contribution >= 4 is 16.7 Å². The molecule has 1 heterocycles. The molecule has 1 aromatic heterocycles. The average Bonchev–Trinajstić information content (AvgIpc) is 2.48. The SMILES string of the molecule is Cn1nnc2c(O)cc([N+](=O)[O-])cc21. The van der Waals surface area contributed by atoms with Crippen LogP contribution in [0.4, 0.5) is 5.69 Å². The summed E-state index contributed by atoms with van der Waals surface area (Å²) in [7, 11) is 1.60. The Morgan fingerprint density at radius 1 is 1.57 bits per heavy atom. The summed E-state index contributed by atoms with van der Waals surface area (Å²) in [6, 6.07) is 2.37. The Morgan fingerprint density at radius 3 is 2.93 bits per heavy atom. The van der Waals surface area contributed by atoms with E-state index in [2.05, 4.69) is 10.3 Å². The van der Waals surface area contributed by atoms with Crippen LogP contribution in [0.3, 0.4) is 0 Å². The summed E-state index contributed by atoms with van der Waals surface area (Å²) in [5, 5.41) is 27.2. The molecule has 0 amide bonds. The zero-order valence-electron chi connectivity index (χ0n) is 7.21. The number of phenolic OH excluding ortho intramolecular Hbond substituents is 1. The molecule has 0 aliphatic carbocycles. The van der Waals surface area contributed by atoms with Crippen molar-refractivity contribution in [2.24, 2.45) is 7.05 Å². The normalized spacial score (nSPS) is 10.6. The molecule has 0 aliphatic rings. The van der Waals surface area contributed by atoms with Crippen LogP contribution in [0, 0.1) is 10.1 Å². The van der Waals surface area contributed by atoms with Crippen LogP contribution in [0.1, 0.15) is 0 Å². The summed E-state index contributed by atoms with van der Waals surface area (Å²) < 4.78 is 1.36. The molecule has 1 N–H and O–H groups in total. The quantitative estimate of drug-likeness (QED) is 0.529. The van der Waals surface area contributed by atoms with Crippen LogP contribution < -0.4 is 0 Å². The van der Waals surface area contributed by atoms with Crippen molar-refractivity contribution in [3.05, 3.63) is 22.2 Å². The van der Waals surface area contributed by atoms with Gasteiger partial charge in [0.2, 0.25) is 0 Å². The molecule has 1 aromatic carbocycles. The van der Waals surface area contributed by atoms with Gasteiger partial charge >= 0.3 is 0 Å². The molecule has 0 saturated heterocycles. The van der Waals surface area contributed by atoms with E-state index in [0.29, 0.717) is 5.52 Å². The fourth-order valence-electron chi connectivity index (χ4n) is 1.20. The summed E-state index contributed by atoms with van der Waals surface area (Å²) in [5.41, 5.74) is 0.509. The zero-order chi connectivity index (χ0) is 10.3. The molecule has 14 heavy (non-hydrogen) atoms. The fraction of sp³-hybridized carbons (Fsp3) is 0.143. The van der Waals surface area contributed by atoms with Crippen molar-refractivity contribution in [3.63, 3.8) is 0 Å². The molecule has 2 aromatic rings. The topological polar surface area (TPSA) is 94.1 Å². The first-order valence-electron chi connectivity index (χ1n) is 3.76. The summed E-state index contributed by atoms with van der Waals surface area (Å²) in [5.74, 6) is -0.234. The van der Waals surface area contributed by atoms with Gasteiger partial charge in [0.25, 0.3) is 5.69 Å². The number of fused-ring (bicyclic) bond motifs is 1. The lowest BCUT2D eigenvalue weighted by Gasteiger charge is -1.95. The van der Waals surface area contributed by atoms with E-state index in [-0.39, 0.29) is 17.0 Å². The first-order valence-corrected chi connectivity index (χ1v) is 3.76. The Labute approximate surface area is 77.7 Å². The monoisotopic (exact) mass is 194 g/mol. The highest BCUT2D eigenvalue weighted by Crippen LogP contribution is 2.27. The summed E-state index contributed by atoms with van der Waals surface area (Å²) in [6.07, 6.45) is 0. The highest BCUT2D eigenvalue weighted by Gasteiger charge is 2.14. The molecule has 0 saturated carbocycles. The Kier molecular flexibility index (Phi) is 1.60. The van der Waals surface area contributed by atoms with Crippen molar-refractivity contribution in [2.45, 2.75) is 0 Å². The molecule has 0 atom stereocenters. The van der Waals surface area contributed by atoms with E-state index in [4.69, 9.17) is 0 Å². The van der Waals surface area contributed by atoms with E-state index in [1.807, 2.05) is 0 Å². The van der Waals surface area contributed by atoms with Gasteiger partial charge in [-0.05, 0) is 0 Å². The number of aromatic nitrogens is 3. The fourth-order valence-corrected chi connectivity index (χ4v) is 1.20. The highest BCUT2D eigenvalue weighted by atomic mass is 16.6. The van der Waals surface area contributed by atoms with Crippen molar-refractivity contribution in [1.82, 2.24) is 15.0 Å². The molecular formula is C7H6N4O3. The number of aromatic hydroxyl groups is 1. The third-order valence-corrected chi connectivity index (χ3v) is 1.89. The molecule has 7 nitrogen and oxygen atoms in total. The van der Waals surface area contributed by atoms with Gasteiger partial charge in [0.05, 0.1) is 16.5 Å². The van der Waals surface area contributed by atoms with Gasteiger partial charge in [-0.2, -0.15) is 0 Å². The Hall–Kier alpha value is -2.18. The van der Waals surface area contributed by atoms with Gasteiger partial charge in [-0.15, -0.1) is 5.10 Å². The second-order valence-electron chi connectivity index (χ2n) is 2.80. The van der Waals surface area contributed by atoms with Gasteiger partial charge in [0.1, 0.15) is 0 Å². The molecule has 0 unspecified atom stereocenters. The molecule has 2 rings (SSSR count). The number of benzene rings is 1. The molecule has 0 bridgehead atoms. The minimum Gasteiger partial charge on any atom is -0.505 e. The molecule has 0 radical (unpaired) electrons. The van der Waals surface area contributed by atoms with E-state index >= 15 is 0 Å². The molecule has 0 aliphatic heterocycles. The lowest BCUT2D eigenvalue weighted by molar-refractivity contribution is -0.384. The van der Waals surface area contributed by atoms with Gasteiger partial charge in [0.15, 0.2) is 11.3 Å². The largest absolute Gasteiger partial charge is 0.505 e. The van der Waals surface area contributed by atoms with Crippen LogP contribution in [0.5, 0.6) is 5.75 Å². The van der Waals surface area contributed by atoms with Gasteiger partial charge in [-0.3, -0.25) is 10.1 Å². The number of non-ortho nitro benzene ring substituents is 1. The molecule has 0 spiro atoms. The Balaban J connectivity index is 2.82. The number of nitro groups is 1. The predicted octanol–water partition coefficient (Wildman–Crippen LogP) is 0.582. The van der Waals surface area contributed by atoms with E-state index in [0.717, 1.165) is 6.07 Å². The van der Waals surface area contributed by atoms with E-state index < -0.39 is 4.92 Å². The summed E-state index contributed by atoms with van der Waals surface area (Å²) in [6.45, 7) is 0. The Morgan fingerprint density at radius 2 is 2.29 bits per heavy atom. The van der Waals surface area contributed by atoms with Crippen LogP contribution in [-0.2, 0) is 7.05 Å². The maximum absolute atomic E-state index is 10.5. The van der Waals surface area contributed by atoms with E-state index in [1.54, 1.807) is 7.05 Å². The lowest BCUT2D eigenvalue weighted by Crippen LogP contribution is -1.91. The third-order valence-electron chi connectivity index (χ3n) is 1.89. The van der Waals surface area contributed by atoms with Crippen molar-refractivity contribution in [3.8, 4) is 5.75 Å². The maximum atomic E-state index is 10.5.